The molecule has 0 heterocycles. The van der Waals surface area contributed by atoms with Gasteiger partial charge in [0.15, 0.2) is 11.6 Å². The van der Waals surface area contributed by atoms with Crippen LogP contribution in [0.4, 0.5) is 8.78 Å². The van der Waals surface area contributed by atoms with Crippen LogP contribution < -0.4 is 4.74 Å². The second-order valence-corrected chi connectivity index (χ2v) is 8.03. The van der Waals surface area contributed by atoms with Crippen molar-refractivity contribution in [3.8, 4) is 39.8 Å². The van der Waals surface area contributed by atoms with Crippen molar-refractivity contribution >= 4 is 11.9 Å². The van der Waals surface area contributed by atoms with Gasteiger partial charge in [-0.3, -0.25) is 0 Å². The number of hydrogen-bond donors (Lipinski definition) is 0. The van der Waals surface area contributed by atoms with Gasteiger partial charge in [0.25, 0.3) is 0 Å². The summed E-state index contributed by atoms with van der Waals surface area (Å²) in [6, 6.07) is 15.9. The quantitative estimate of drug-likeness (QED) is 0.124. The maximum Gasteiger partial charge on any atom is 0.338 e. The summed E-state index contributed by atoms with van der Waals surface area (Å²) in [5, 5.41) is 0. The van der Waals surface area contributed by atoms with E-state index < -0.39 is 23.6 Å². The summed E-state index contributed by atoms with van der Waals surface area (Å²) in [6.07, 6.45) is 0.360. The molecule has 0 aliphatic heterocycles. The van der Waals surface area contributed by atoms with Crippen LogP contribution in [0.2, 0.25) is 0 Å². The summed E-state index contributed by atoms with van der Waals surface area (Å²) in [5.41, 5.74) is 2.42. The summed E-state index contributed by atoms with van der Waals surface area (Å²) in [5.74, 6) is 3.15. The second kappa shape index (κ2) is 11.8. The molecule has 0 aliphatic carbocycles. The number of esters is 2. The molecule has 4 nitrogen and oxygen atoms in total. The third-order valence-electron chi connectivity index (χ3n) is 5.04. The molecule has 3 aromatic rings. The van der Waals surface area contributed by atoms with Crippen LogP contribution in [0, 0.1) is 23.5 Å². The highest BCUT2D eigenvalue weighted by Crippen LogP contribution is 2.32. The number of ether oxygens (including phenoxy) is 2. The topological polar surface area (TPSA) is 52.6 Å². The van der Waals surface area contributed by atoms with Crippen LogP contribution in [-0.2, 0) is 14.3 Å². The van der Waals surface area contributed by atoms with Crippen molar-refractivity contribution in [2.75, 3.05) is 6.61 Å². The van der Waals surface area contributed by atoms with Gasteiger partial charge in [-0.15, -0.1) is 0 Å². The Morgan fingerprint density at radius 1 is 0.778 bits per heavy atom. The minimum Gasteiger partial charge on any atom is -0.461 e. The summed E-state index contributed by atoms with van der Waals surface area (Å²) in [7, 11) is 0. The molecule has 0 fully saturated rings. The number of benzene rings is 3. The Labute approximate surface area is 208 Å². The molecule has 0 bridgehead atoms. The lowest BCUT2D eigenvalue weighted by atomic mass is 9.98. The molecule has 0 amide bonds. The van der Waals surface area contributed by atoms with Gasteiger partial charge in [0.05, 0.1) is 0 Å². The van der Waals surface area contributed by atoms with Gasteiger partial charge < -0.3 is 9.47 Å². The molecule has 182 valence electrons. The molecule has 0 spiro atoms. The summed E-state index contributed by atoms with van der Waals surface area (Å²) >= 11 is 0. The Kier molecular flexibility index (Phi) is 8.53. The van der Waals surface area contributed by atoms with Crippen LogP contribution in [0.1, 0.15) is 25.8 Å². The highest BCUT2D eigenvalue weighted by molar-refractivity contribution is 5.89. The van der Waals surface area contributed by atoms with E-state index in [1.165, 1.54) is 31.2 Å². The van der Waals surface area contributed by atoms with Crippen molar-refractivity contribution in [1.29, 1.82) is 0 Å². The van der Waals surface area contributed by atoms with Gasteiger partial charge in [0, 0.05) is 34.3 Å². The first-order valence-electron chi connectivity index (χ1n) is 11.1. The maximum atomic E-state index is 15.0. The fraction of sp³-hybridized carbons (Fsp3) is 0.133. The minimum atomic E-state index is -0.979. The van der Waals surface area contributed by atoms with Gasteiger partial charge in [0.1, 0.15) is 12.4 Å². The molecule has 0 unspecified atom stereocenters. The SMILES string of the molecule is C=C(C)C(=O)OCCC#Cc1ccc(-c2ccc(-c3ccc(OC(=O)C(=C)C)cc3)c(F)c2F)cc1. The van der Waals surface area contributed by atoms with Gasteiger partial charge in [-0.05, 0) is 49.2 Å². The third kappa shape index (κ3) is 6.55. The zero-order chi connectivity index (χ0) is 26.2. The molecule has 36 heavy (non-hydrogen) atoms. The normalized spacial score (nSPS) is 10.1. The van der Waals surface area contributed by atoms with Gasteiger partial charge in [-0.25, -0.2) is 18.4 Å². The van der Waals surface area contributed by atoms with Crippen LogP contribution >= 0.6 is 0 Å². The fourth-order valence-corrected chi connectivity index (χ4v) is 3.11. The van der Waals surface area contributed by atoms with Crippen molar-refractivity contribution in [1.82, 2.24) is 0 Å². The Balaban J connectivity index is 1.71. The zero-order valence-corrected chi connectivity index (χ0v) is 20.0. The van der Waals surface area contributed by atoms with Crippen molar-refractivity contribution in [2.45, 2.75) is 20.3 Å². The van der Waals surface area contributed by atoms with Gasteiger partial charge in [0.2, 0.25) is 0 Å². The van der Waals surface area contributed by atoms with Gasteiger partial charge in [-0.1, -0.05) is 61.4 Å². The molecule has 0 N–H and O–H groups in total. The predicted molar refractivity (Wildman–Crippen MR) is 135 cm³/mol. The van der Waals surface area contributed by atoms with Crippen LogP contribution in [0.5, 0.6) is 5.75 Å². The molecular weight excluding hydrogens is 462 g/mol. The highest BCUT2D eigenvalue weighted by atomic mass is 19.2. The summed E-state index contributed by atoms with van der Waals surface area (Å²) in [4.78, 5) is 22.9. The molecule has 0 aromatic heterocycles. The van der Waals surface area contributed by atoms with E-state index in [-0.39, 0.29) is 29.1 Å². The van der Waals surface area contributed by atoms with E-state index in [0.29, 0.717) is 28.7 Å². The lowest BCUT2D eigenvalue weighted by Crippen LogP contribution is -2.07. The van der Waals surface area contributed by atoms with Crippen molar-refractivity contribution in [2.24, 2.45) is 0 Å². The van der Waals surface area contributed by atoms with Crippen LogP contribution in [0.25, 0.3) is 22.3 Å². The zero-order valence-electron chi connectivity index (χ0n) is 20.0. The van der Waals surface area contributed by atoms with E-state index >= 15 is 0 Å². The third-order valence-corrected chi connectivity index (χ3v) is 5.04. The van der Waals surface area contributed by atoms with E-state index in [1.54, 1.807) is 43.3 Å². The second-order valence-electron chi connectivity index (χ2n) is 8.03. The lowest BCUT2D eigenvalue weighted by molar-refractivity contribution is -0.138. The van der Waals surface area contributed by atoms with Crippen molar-refractivity contribution in [3.63, 3.8) is 0 Å². The standard InChI is InChI=1S/C30H24F2O4/c1-19(2)29(33)35-18-6-5-7-21-8-10-22(11-9-21)25-16-17-26(28(32)27(25)31)23-12-14-24(15-13-23)36-30(34)20(3)4/h8-17H,1,3,6,18H2,2,4H3. The van der Waals surface area contributed by atoms with E-state index in [4.69, 9.17) is 9.47 Å². The van der Waals surface area contributed by atoms with Gasteiger partial charge >= 0.3 is 11.9 Å². The number of hydrogen-bond acceptors (Lipinski definition) is 4. The number of carbonyl (C=O) groups excluding carboxylic acids is 2. The average Bonchev–Trinajstić information content (AvgIpc) is 2.86. The molecule has 0 aliphatic rings. The number of carbonyl (C=O) groups is 2. The molecule has 0 radical (unpaired) electrons. The number of halogens is 2. The Bertz CT molecular complexity index is 1380. The summed E-state index contributed by atoms with van der Waals surface area (Å²) < 4.78 is 40.0. The van der Waals surface area contributed by atoms with Crippen LogP contribution in [0.15, 0.2) is 85.0 Å². The Morgan fingerprint density at radius 2 is 1.28 bits per heavy atom. The van der Waals surface area contributed by atoms with Gasteiger partial charge in [-0.2, -0.15) is 0 Å². The molecule has 0 saturated carbocycles. The molecule has 6 heteroatoms. The Hall–Kier alpha value is -4.50. The van der Waals surface area contributed by atoms with E-state index in [2.05, 4.69) is 25.0 Å². The first-order chi connectivity index (χ1) is 17.2. The summed E-state index contributed by atoms with van der Waals surface area (Å²) in [6.45, 7) is 10.3. The van der Waals surface area contributed by atoms with E-state index in [9.17, 15) is 18.4 Å². The monoisotopic (exact) mass is 486 g/mol. The first-order valence-corrected chi connectivity index (χ1v) is 11.1. The van der Waals surface area contributed by atoms with E-state index in [1.807, 2.05) is 0 Å². The molecule has 3 rings (SSSR count). The smallest absolute Gasteiger partial charge is 0.338 e. The molecule has 0 saturated heterocycles. The maximum absolute atomic E-state index is 15.0. The predicted octanol–water partition coefficient (Wildman–Crippen LogP) is 6.64. The largest absolute Gasteiger partial charge is 0.461 e. The molecule has 0 atom stereocenters. The lowest BCUT2D eigenvalue weighted by Gasteiger charge is -2.10. The minimum absolute atomic E-state index is 0.0869. The van der Waals surface area contributed by atoms with Crippen molar-refractivity contribution < 1.29 is 27.8 Å². The van der Waals surface area contributed by atoms with E-state index in [0.717, 1.165) is 0 Å². The van der Waals surface area contributed by atoms with Crippen LogP contribution in [0.3, 0.4) is 0 Å². The highest BCUT2D eigenvalue weighted by Gasteiger charge is 2.16. The Morgan fingerprint density at radius 3 is 1.78 bits per heavy atom. The molecular formula is C30H24F2O4. The van der Waals surface area contributed by atoms with Crippen molar-refractivity contribution in [3.05, 3.63) is 102 Å². The van der Waals surface area contributed by atoms with Crippen LogP contribution in [-0.4, -0.2) is 18.5 Å². The first kappa shape index (κ1) is 26.1. The molecule has 3 aromatic carbocycles. The average molecular weight is 487 g/mol. The number of rotatable bonds is 7. The fourth-order valence-electron chi connectivity index (χ4n) is 3.11.